The third-order valence-corrected chi connectivity index (χ3v) is 7.66. The van der Waals surface area contributed by atoms with E-state index < -0.39 is 19.9 Å². The second kappa shape index (κ2) is 6.37. The molecule has 21 heavy (non-hydrogen) atoms. The van der Waals surface area contributed by atoms with Crippen LogP contribution in [0.5, 0.6) is 0 Å². The Bertz CT molecular complexity index is 711. The van der Waals surface area contributed by atoms with Crippen molar-refractivity contribution in [3.63, 3.8) is 0 Å². The molecule has 0 bridgehead atoms. The number of furan rings is 1. The van der Waals surface area contributed by atoms with E-state index >= 15 is 0 Å². The first-order valence-electron chi connectivity index (χ1n) is 6.39. The van der Waals surface area contributed by atoms with Gasteiger partial charge in [0.25, 0.3) is 0 Å². The van der Waals surface area contributed by atoms with Gasteiger partial charge in [-0.25, -0.2) is 16.8 Å². The molecule has 1 aliphatic rings. The van der Waals surface area contributed by atoms with Gasteiger partial charge in [0.05, 0.1) is 18.1 Å². The Hall–Kier alpha value is -0.420. The van der Waals surface area contributed by atoms with Gasteiger partial charge < -0.3 is 9.73 Å². The molecule has 0 spiro atoms. The van der Waals surface area contributed by atoms with Crippen molar-refractivity contribution in [3.8, 4) is 0 Å². The van der Waals surface area contributed by atoms with Crippen molar-refractivity contribution in [3.05, 3.63) is 16.5 Å². The number of sulfonamides is 1. The van der Waals surface area contributed by atoms with E-state index in [1.165, 1.54) is 10.4 Å². The smallest absolute Gasteiger partial charge is 0.247 e. The van der Waals surface area contributed by atoms with Crippen LogP contribution in [-0.2, 0) is 26.4 Å². The average molecular weight is 401 g/mol. The topological polar surface area (TPSA) is 96.7 Å². The molecule has 2 rings (SSSR count). The van der Waals surface area contributed by atoms with E-state index in [2.05, 4.69) is 21.2 Å². The van der Waals surface area contributed by atoms with Crippen molar-refractivity contribution >= 4 is 35.8 Å². The van der Waals surface area contributed by atoms with E-state index in [1.54, 1.807) is 7.05 Å². The molecule has 0 unspecified atom stereocenters. The summed E-state index contributed by atoms with van der Waals surface area (Å²) in [6, 6.07) is 1.45. The van der Waals surface area contributed by atoms with Crippen LogP contribution in [-0.4, -0.2) is 52.8 Å². The van der Waals surface area contributed by atoms with Gasteiger partial charge in [0, 0.05) is 19.2 Å². The van der Waals surface area contributed by atoms with Gasteiger partial charge in [0.15, 0.2) is 14.5 Å². The second-order valence-corrected chi connectivity index (χ2v) is 9.72. The number of nitrogens with zero attached hydrogens (tertiary/aromatic N) is 1. The van der Waals surface area contributed by atoms with E-state index in [1.807, 2.05) is 0 Å². The maximum Gasteiger partial charge on any atom is 0.247 e. The Balaban J connectivity index is 2.29. The van der Waals surface area contributed by atoms with E-state index in [-0.39, 0.29) is 34.2 Å². The van der Waals surface area contributed by atoms with Crippen molar-refractivity contribution in [2.45, 2.75) is 17.9 Å². The zero-order valence-electron chi connectivity index (χ0n) is 11.5. The molecule has 2 heterocycles. The summed E-state index contributed by atoms with van der Waals surface area (Å²) in [4.78, 5) is 0.0343. The average Bonchev–Trinajstić information content (AvgIpc) is 2.64. The lowest BCUT2D eigenvalue weighted by Crippen LogP contribution is -2.33. The third kappa shape index (κ3) is 3.86. The maximum atomic E-state index is 12.6. The lowest BCUT2D eigenvalue weighted by atomic mass is 10.4. The van der Waals surface area contributed by atoms with Crippen molar-refractivity contribution in [2.24, 2.45) is 0 Å². The second-order valence-electron chi connectivity index (χ2n) is 4.79. The first-order chi connectivity index (χ1) is 9.76. The van der Waals surface area contributed by atoms with Crippen LogP contribution in [0.2, 0.25) is 0 Å². The molecule has 1 aliphatic heterocycles. The Morgan fingerprint density at radius 3 is 2.76 bits per heavy atom. The quantitative estimate of drug-likeness (QED) is 0.793. The monoisotopic (exact) mass is 400 g/mol. The molecule has 0 aromatic carbocycles. The molecule has 0 radical (unpaired) electrons. The molecule has 120 valence electrons. The number of sulfone groups is 1. The van der Waals surface area contributed by atoms with Gasteiger partial charge in [0.1, 0.15) is 10.7 Å². The van der Waals surface area contributed by atoms with E-state index in [0.29, 0.717) is 18.7 Å². The molecule has 0 amide bonds. The van der Waals surface area contributed by atoms with E-state index in [0.717, 1.165) is 0 Å². The first kappa shape index (κ1) is 16.9. The normalized spacial score (nSPS) is 20.3. The predicted molar refractivity (Wildman–Crippen MR) is 81.2 cm³/mol. The SMILES string of the molecule is CNCc1cc(S(=O)(=O)N2CCCS(=O)(=O)CC2)c(Br)o1. The highest BCUT2D eigenvalue weighted by Crippen LogP contribution is 2.29. The van der Waals surface area contributed by atoms with Crippen LogP contribution in [0.1, 0.15) is 12.2 Å². The number of halogens is 1. The molecule has 0 saturated carbocycles. The van der Waals surface area contributed by atoms with E-state index in [9.17, 15) is 16.8 Å². The van der Waals surface area contributed by atoms with Crippen molar-refractivity contribution < 1.29 is 21.3 Å². The molecule has 1 aromatic rings. The van der Waals surface area contributed by atoms with Gasteiger partial charge in [0.2, 0.25) is 10.0 Å². The van der Waals surface area contributed by atoms with Gasteiger partial charge in [-0.05, 0) is 29.4 Å². The van der Waals surface area contributed by atoms with Crippen LogP contribution in [0.15, 0.2) is 20.0 Å². The van der Waals surface area contributed by atoms with Gasteiger partial charge >= 0.3 is 0 Å². The fraction of sp³-hybridized carbons (Fsp3) is 0.636. The molecule has 0 aliphatic carbocycles. The van der Waals surface area contributed by atoms with Crippen LogP contribution in [0, 0.1) is 0 Å². The first-order valence-corrected chi connectivity index (χ1v) is 10.4. The summed E-state index contributed by atoms with van der Waals surface area (Å²) in [5.74, 6) is 0.368. The minimum atomic E-state index is -3.76. The molecular formula is C11H17BrN2O5S2. The van der Waals surface area contributed by atoms with Crippen molar-refractivity contribution in [1.29, 1.82) is 0 Å². The number of rotatable bonds is 4. The standard InChI is InChI=1S/C11H17BrN2O5S2/c1-13-8-9-7-10(11(12)19-9)21(17,18)14-3-2-5-20(15,16)6-4-14/h7,13H,2-6,8H2,1H3. The summed E-state index contributed by atoms with van der Waals surface area (Å²) in [6.45, 7) is 0.576. The van der Waals surface area contributed by atoms with Crippen LogP contribution in [0.3, 0.4) is 0 Å². The summed E-state index contributed by atoms with van der Waals surface area (Å²) >= 11 is 3.11. The third-order valence-electron chi connectivity index (χ3n) is 3.19. The number of hydrogen-bond donors (Lipinski definition) is 1. The molecule has 1 fully saturated rings. The lowest BCUT2D eigenvalue weighted by Gasteiger charge is -2.18. The summed E-state index contributed by atoms with van der Waals surface area (Å²) in [6.07, 6.45) is 0.306. The minimum Gasteiger partial charge on any atom is -0.452 e. The van der Waals surface area contributed by atoms with Crippen molar-refractivity contribution in [1.82, 2.24) is 9.62 Å². The lowest BCUT2D eigenvalue weighted by molar-refractivity contribution is 0.430. The van der Waals surface area contributed by atoms with Crippen molar-refractivity contribution in [2.75, 3.05) is 31.6 Å². The molecule has 0 atom stereocenters. The largest absolute Gasteiger partial charge is 0.452 e. The van der Waals surface area contributed by atoms with Gasteiger partial charge in [-0.1, -0.05) is 0 Å². The van der Waals surface area contributed by atoms with Crippen LogP contribution < -0.4 is 5.32 Å². The summed E-state index contributed by atoms with van der Waals surface area (Å²) < 4.78 is 55.1. The highest BCUT2D eigenvalue weighted by Gasteiger charge is 2.32. The molecule has 10 heteroatoms. The molecule has 7 nitrogen and oxygen atoms in total. The Morgan fingerprint density at radius 1 is 1.38 bits per heavy atom. The molecule has 1 N–H and O–H groups in total. The van der Waals surface area contributed by atoms with Crippen LogP contribution in [0.25, 0.3) is 0 Å². The zero-order chi connectivity index (χ0) is 15.7. The number of hydrogen-bond acceptors (Lipinski definition) is 6. The summed E-state index contributed by atoms with van der Waals surface area (Å²) in [5.41, 5.74) is 0. The fourth-order valence-electron chi connectivity index (χ4n) is 2.13. The van der Waals surface area contributed by atoms with Gasteiger partial charge in [-0.15, -0.1) is 0 Å². The van der Waals surface area contributed by atoms with Crippen LogP contribution >= 0.6 is 15.9 Å². The zero-order valence-corrected chi connectivity index (χ0v) is 14.7. The Morgan fingerprint density at radius 2 is 2.10 bits per heavy atom. The van der Waals surface area contributed by atoms with Gasteiger partial charge in [-0.3, -0.25) is 0 Å². The maximum absolute atomic E-state index is 12.6. The fourth-order valence-corrected chi connectivity index (χ4v) is 5.96. The predicted octanol–water partition coefficient (Wildman–Crippen LogP) is 0.571. The van der Waals surface area contributed by atoms with Crippen LogP contribution in [0.4, 0.5) is 0 Å². The highest BCUT2D eigenvalue weighted by atomic mass is 79.9. The minimum absolute atomic E-state index is 0.0242. The molecule has 1 saturated heterocycles. The summed E-state index contributed by atoms with van der Waals surface area (Å²) in [7, 11) is -5.20. The molecular weight excluding hydrogens is 384 g/mol. The highest BCUT2D eigenvalue weighted by molar-refractivity contribution is 9.10. The summed E-state index contributed by atoms with van der Waals surface area (Å²) in [5, 5.41) is 2.87. The van der Waals surface area contributed by atoms with Gasteiger partial charge in [-0.2, -0.15) is 4.31 Å². The number of nitrogens with one attached hydrogen (secondary N) is 1. The Labute approximate surface area is 132 Å². The Kier molecular flexibility index (Phi) is 5.14. The van der Waals surface area contributed by atoms with E-state index in [4.69, 9.17) is 4.42 Å². The molecule has 1 aromatic heterocycles.